The van der Waals surface area contributed by atoms with Crippen LogP contribution in [0.4, 0.5) is 5.82 Å². The fourth-order valence-electron chi connectivity index (χ4n) is 2.47. The molecule has 1 atom stereocenters. The summed E-state index contributed by atoms with van der Waals surface area (Å²) in [6.45, 7) is 2.50. The van der Waals surface area contributed by atoms with E-state index in [1.807, 2.05) is 4.90 Å². The minimum atomic E-state index is -2.30. The first-order chi connectivity index (χ1) is 10.1. The zero-order chi connectivity index (χ0) is 15.0. The molecule has 0 spiro atoms. The Labute approximate surface area is 128 Å². The van der Waals surface area contributed by atoms with Gasteiger partial charge in [0, 0.05) is 31.1 Å². The molecule has 0 saturated carbocycles. The quantitative estimate of drug-likeness (QED) is 0.505. The van der Waals surface area contributed by atoms with Crippen LogP contribution in [0.2, 0.25) is 0 Å². The van der Waals surface area contributed by atoms with Crippen LogP contribution in [0, 0.1) is 4.64 Å². The first-order valence-corrected chi connectivity index (χ1v) is 7.86. The third kappa shape index (κ3) is 2.71. The minimum absolute atomic E-state index is 0.219. The maximum Gasteiger partial charge on any atom is 0.209 e. The Morgan fingerprint density at radius 1 is 1.24 bits per heavy atom. The number of aromatic amines is 1. The number of carbonyl (C=O) groups is 1. The van der Waals surface area contributed by atoms with Crippen LogP contribution in [0.25, 0.3) is 5.52 Å². The zero-order valence-corrected chi connectivity index (χ0v) is 12.7. The van der Waals surface area contributed by atoms with Crippen LogP contribution >= 0.6 is 12.2 Å². The molecule has 1 aliphatic heterocycles. The number of pyridine rings is 1. The lowest BCUT2D eigenvalue weighted by Gasteiger charge is -2.34. The number of hydrogen-bond donors (Lipinski definition) is 1. The van der Waals surface area contributed by atoms with E-state index in [0.29, 0.717) is 36.3 Å². The largest absolute Gasteiger partial charge is 0.768 e. The number of carbonyl (C=O) groups excluding carboxylic acids is 1. The second kappa shape index (κ2) is 5.58. The highest BCUT2D eigenvalue weighted by Crippen LogP contribution is 2.22. The van der Waals surface area contributed by atoms with Crippen molar-refractivity contribution in [3.63, 3.8) is 0 Å². The summed E-state index contributed by atoms with van der Waals surface area (Å²) in [5.74, 6) is 0.730. The molecule has 1 aliphatic rings. The first kappa shape index (κ1) is 14.2. The van der Waals surface area contributed by atoms with Crippen molar-refractivity contribution < 1.29 is 13.6 Å². The van der Waals surface area contributed by atoms with Gasteiger partial charge in [0.05, 0.1) is 5.52 Å². The van der Waals surface area contributed by atoms with E-state index in [9.17, 15) is 13.6 Å². The number of amides is 1. The SMILES string of the molecule is O=CN1CCN(c2cc(S(=O)[O-])cc3cc(=S)[nH]n23)CC1. The highest BCUT2D eigenvalue weighted by atomic mass is 32.2. The maximum absolute atomic E-state index is 11.3. The van der Waals surface area contributed by atoms with Crippen molar-refractivity contribution in [2.24, 2.45) is 0 Å². The van der Waals surface area contributed by atoms with Gasteiger partial charge in [-0.2, -0.15) is 0 Å². The number of rotatable bonds is 3. The molecule has 0 aromatic carbocycles. The fourth-order valence-corrected chi connectivity index (χ4v) is 3.10. The van der Waals surface area contributed by atoms with Gasteiger partial charge in [-0.05, 0) is 29.3 Å². The van der Waals surface area contributed by atoms with E-state index in [4.69, 9.17) is 12.2 Å². The summed E-state index contributed by atoms with van der Waals surface area (Å²) in [5, 5.41) is 3.02. The second-order valence-corrected chi connectivity index (χ2v) is 6.17. The van der Waals surface area contributed by atoms with Gasteiger partial charge >= 0.3 is 0 Å². The lowest BCUT2D eigenvalue weighted by molar-refractivity contribution is -0.118. The molecular formula is C12H13N4O3S2-. The van der Waals surface area contributed by atoms with Crippen LogP contribution < -0.4 is 4.90 Å². The Morgan fingerprint density at radius 3 is 2.57 bits per heavy atom. The molecule has 0 radical (unpaired) electrons. The number of aromatic nitrogens is 2. The molecule has 2 aromatic rings. The number of hydrogen-bond acceptors (Lipinski definition) is 5. The fraction of sp³-hybridized carbons (Fsp3) is 0.333. The van der Waals surface area contributed by atoms with E-state index >= 15 is 0 Å². The molecule has 3 heterocycles. The average Bonchev–Trinajstić information content (AvgIpc) is 2.86. The molecule has 7 nitrogen and oxygen atoms in total. The van der Waals surface area contributed by atoms with Crippen molar-refractivity contribution in [3.8, 4) is 0 Å². The van der Waals surface area contributed by atoms with Gasteiger partial charge in [0.15, 0.2) is 0 Å². The van der Waals surface area contributed by atoms with E-state index < -0.39 is 11.1 Å². The first-order valence-electron chi connectivity index (χ1n) is 6.38. The topological polar surface area (TPSA) is 83.9 Å². The molecule has 1 unspecified atom stereocenters. The van der Waals surface area contributed by atoms with Gasteiger partial charge < -0.3 is 14.4 Å². The van der Waals surface area contributed by atoms with Gasteiger partial charge in [-0.15, -0.1) is 0 Å². The highest BCUT2D eigenvalue weighted by Gasteiger charge is 2.19. The summed E-state index contributed by atoms with van der Waals surface area (Å²) in [7, 11) is 0. The Balaban J connectivity index is 2.06. The Kier molecular flexibility index (Phi) is 3.79. The van der Waals surface area contributed by atoms with E-state index in [0.717, 1.165) is 12.2 Å². The van der Waals surface area contributed by atoms with Crippen molar-refractivity contribution in [1.29, 1.82) is 0 Å². The number of H-pyrrole nitrogens is 1. The summed E-state index contributed by atoms with van der Waals surface area (Å²) in [4.78, 5) is 14.7. The van der Waals surface area contributed by atoms with E-state index in [1.165, 1.54) is 0 Å². The van der Waals surface area contributed by atoms with Crippen LogP contribution in [-0.2, 0) is 15.9 Å². The van der Waals surface area contributed by atoms with Crippen molar-refractivity contribution in [2.75, 3.05) is 31.1 Å². The van der Waals surface area contributed by atoms with E-state index in [-0.39, 0.29) is 4.90 Å². The molecule has 0 bridgehead atoms. The van der Waals surface area contributed by atoms with Crippen molar-refractivity contribution in [3.05, 3.63) is 22.8 Å². The normalized spacial score (nSPS) is 17.2. The predicted molar refractivity (Wildman–Crippen MR) is 79.6 cm³/mol. The Bertz CT molecular complexity index is 761. The van der Waals surface area contributed by atoms with Gasteiger partial charge in [-0.25, -0.2) is 4.52 Å². The molecule has 1 fully saturated rings. The van der Waals surface area contributed by atoms with Gasteiger partial charge in [0.1, 0.15) is 10.5 Å². The summed E-state index contributed by atoms with van der Waals surface area (Å²) < 4.78 is 24.8. The Morgan fingerprint density at radius 2 is 1.95 bits per heavy atom. The number of piperazine rings is 1. The molecule has 9 heteroatoms. The molecular weight excluding hydrogens is 312 g/mol. The van der Waals surface area contributed by atoms with Crippen LogP contribution in [0.5, 0.6) is 0 Å². The average molecular weight is 325 g/mol. The molecule has 1 N–H and O–H groups in total. The molecule has 1 amide bonds. The van der Waals surface area contributed by atoms with E-state index in [2.05, 4.69) is 5.10 Å². The summed E-state index contributed by atoms with van der Waals surface area (Å²) in [6.07, 6.45) is 0.833. The molecule has 21 heavy (non-hydrogen) atoms. The number of nitrogens with zero attached hydrogens (tertiary/aromatic N) is 3. The monoisotopic (exact) mass is 325 g/mol. The third-order valence-corrected chi connectivity index (χ3v) is 4.36. The minimum Gasteiger partial charge on any atom is -0.768 e. The van der Waals surface area contributed by atoms with Gasteiger partial charge in [0.25, 0.3) is 0 Å². The number of nitrogens with one attached hydrogen (secondary N) is 1. The van der Waals surface area contributed by atoms with Gasteiger partial charge in [-0.1, -0.05) is 12.2 Å². The molecule has 0 aliphatic carbocycles. The Hall–Kier alpha value is -1.71. The van der Waals surface area contributed by atoms with Gasteiger partial charge in [-0.3, -0.25) is 14.1 Å². The van der Waals surface area contributed by atoms with Crippen molar-refractivity contribution >= 4 is 41.0 Å². The lowest BCUT2D eigenvalue weighted by atomic mass is 10.3. The zero-order valence-electron chi connectivity index (χ0n) is 11.0. The van der Waals surface area contributed by atoms with Crippen molar-refractivity contribution in [2.45, 2.75) is 4.90 Å². The van der Waals surface area contributed by atoms with Crippen LogP contribution in [0.1, 0.15) is 0 Å². The van der Waals surface area contributed by atoms with Gasteiger partial charge in [0.2, 0.25) is 6.41 Å². The maximum atomic E-state index is 11.3. The van der Waals surface area contributed by atoms with Crippen LogP contribution in [0.3, 0.4) is 0 Å². The highest BCUT2D eigenvalue weighted by molar-refractivity contribution is 7.79. The standard InChI is InChI=1S/C12H14N4O3S2/c17-8-14-1-3-15(4-2-14)12-7-10(21(18)19)5-9-6-11(20)13-16(9)12/h5-8H,1-4H2,(H,13,20)(H,18,19)/p-1. The smallest absolute Gasteiger partial charge is 0.209 e. The summed E-state index contributed by atoms with van der Waals surface area (Å²) in [6, 6.07) is 4.90. The lowest BCUT2D eigenvalue weighted by Crippen LogP contribution is -2.46. The summed E-state index contributed by atoms with van der Waals surface area (Å²) in [5.41, 5.74) is 0.703. The van der Waals surface area contributed by atoms with E-state index in [1.54, 1.807) is 27.6 Å². The number of fused-ring (bicyclic) bond motifs is 1. The molecule has 2 aromatic heterocycles. The molecule has 3 rings (SSSR count). The molecule has 1 saturated heterocycles. The second-order valence-electron chi connectivity index (χ2n) is 4.79. The van der Waals surface area contributed by atoms with Crippen LogP contribution in [0.15, 0.2) is 23.1 Å². The third-order valence-electron chi connectivity index (χ3n) is 3.53. The summed E-state index contributed by atoms with van der Waals surface area (Å²) >= 11 is 2.81. The van der Waals surface area contributed by atoms with Crippen molar-refractivity contribution in [1.82, 2.24) is 14.5 Å². The van der Waals surface area contributed by atoms with Crippen LogP contribution in [-0.4, -0.2) is 55.9 Å². The predicted octanol–water partition coefficient (Wildman–Crippen LogP) is 0.513. The molecule has 112 valence electrons. The number of anilines is 1.